The largest absolute Gasteiger partial charge is 0.469 e. The Kier molecular flexibility index (Phi) is 7.66. The molecule has 2 rings (SSSR count). The molecule has 0 radical (unpaired) electrons. The van der Waals surface area contributed by atoms with Crippen LogP contribution in [0.5, 0.6) is 0 Å². The third kappa shape index (κ3) is 6.44. The highest BCUT2D eigenvalue weighted by molar-refractivity contribution is 7.11. The number of aromatic nitrogens is 1. The fourth-order valence-corrected chi connectivity index (χ4v) is 2.83. The quantitative estimate of drug-likeness (QED) is 0.419. The van der Waals surface area contributed by atoms with E-state index in [4.69, 9.17) is 4.42 Å². The van der Waals surface area contributed by atoms with Crippen molar-refractivity contribution in [3.63, 3.8) is 0 Å². The molecule has 0 aromatic carbocycles. The van der Waals surface area contributed by atoms with Gasteiger partial charge in [0.1, 0.15) is 10.8 Å². The van der Waals surface area contributed by atoms with Gasteiger partial charge in [-0.3, -0.25) is 0 Å². The Bertz CT molecular complexity index is 577. The fourth-order valence-electron chi connectivity index (χ4n) is 2.05. The minimum Gasteiger partial charge on any atom is -0.469 e. The first-order valence-electron chi connectivity index (χ1n) is 8.30. The zero-order chi connectivity index (χ0) is 16.3. The molecule has 6 heteroatoms. The first-order valence-corrected chi connectivity index (χ1v) is 9.11. The molecule has 23 heavy (non-hydrogen) atoms. The van der Waals surface area contributed by atoms with Gasteiger partial charge < -0.3 is 15.1 Å². The number of aliphatic imine (C=N–C) groups is 1. The lowest BCUT2D eigenvalue weighted by atomic mass is 10.3. The number of guanidine groups is 1. The van der Waals surface area contributed by atoms with Crippen molar-refractivity contribution in [3.05, 3.63) is 40.2 Å². The summed E-state index contributed by atoms with van der Waals surface area (Å²) in [6.45, 7) is 6.68. The minimum atomic E-state index is 0.618. The second-order valence-corrected chi connectivity index (χ2v) is 6.47. The second kappa shape index (κ2) is 10.0. The lowest BCUT2D eigenvalue weighted by Crippen LogP contribution is -2.38. The van der Waals surface area contributed by atoms with Crippen molar-refractivity contribution in [2.24, 2.45) is 4.99 Å². The van der Waals surface area contributed by atoms with Crippen LogP contribution < -0.4 is 10.6 Å². The average molecular weight is 334 g/mol. The third-order valence-corrected chi connectivity index (χ3v) is 4.52. The number of aryl methyl sites for hydroxylation is 1. The highest BCUT2D eigenvalue weighted by atomic mass is 32.1. The lowest BCUT2D eigenvalue weighted by Gasteiger charge is -2.11. The van der Waals surface area contributed by atoms with Gasteiger partial charge in [0.2, 0.25) is 0 Å². The zero-order valence-electron chi connectivity index (χ0n) is 14.0. The molecule has 0 fully saturated rings. The standard InChI is InChI=1S/C17H26N4OS/c1-3-5-9-18-17(19-10-8-14-7-6-11-22-14)21-13-16-20-12-15(4-2)23-16/h6-7,11-12H,3-5,8-10,13H2,1-2H3,(H2,18,19,21). The minimum absolute atomic E-state index is 0.618. The van der Waals surface area contributed by atoms with E-state index in [0.29, 0.717) is 6.54 Å². The van der Waals surface area contributed by atoms with Gasteiger partial charge in [-0.05, 0) is 25.0 Å². The Morgan fingerprint density at radius 1 is 1.30 bits per heavy atom. The topological polar surface area (TPSA) is 62.5 Å². The molecule has 126 valence electrons. The SMILES string of the molecule is CCCCNC(=NCc1ncc(CC)s1)NCCc1ccco1. The van der Waals surface area contributed by atoms with E-state index in [1.54, 1.807) is 17.6 Å². The van der Waals surface area contributed by atoms with Crippen LogP contribution in [0, 0.1) is 0 Å². The number of rotatable bonds is 9. The Labute approximate surface area is 142 Å². The van der Waals surface area contributed by atoms with Crippen molar-refractivity contribution in [3.8, 4) is 0 Å². The number of nitrogens with zero attached hydrogens (tertiary/aromatic N) is 2. The number of unbranched alkanes of at least 4 members (excludes halogenated alkanes) is 1. The summed E-state index contributed by atoms with van der Waals surface area (Å²) in [5.41, 5.74) is 0. The van der Waals surface area contributed by atoms with Crippen LogP contribution in [0.1, 0.15) is 42.3 Å². The van der Waals surface area contributed by atoms with Crippen LogP contribution in [0.4, 0.5) is 0 Å². The summed E-state index contributed by atoms with van der Waals surface area (Å²) in [5, 5.41) is 7.80. The summed E-state index contributed by atoms with van der Waals surface area (Å²) in [6.07, 6.45) is 7.83. The molecule has 2 N–H and O–H groups in total. The molecule has 0 aliphatic heterocycles. The Hall–Kier alpha value is -1.82. The van der Waals surface area contributed by atoms with Gasteiger partial charge in [0.05, 0.1) is 12.8 Å². The van der Waals surface area contributed by atoms with Crippen LogP contribution in [-0.4, -0.2) is 24.0 Å². The first-order chi connectivity index (χ1) is 11.3. The maximum Gasteiger partial charge on any atom is 0.191 e. The van der Waals surface area contributed by atoms with E-state index in [-0.39, 0.29) is 0 Å². The molecule has 2 heterocycles. The third-order valence-electron chi connectivity index (χ3n) is 3.39. The van der Waals surface area contributed by atoms with Crippen molar-refractivity contribution in [2.75, 3.05) is 13.1 Å². The number of hydrogen-bond donors (Lipinski definition) is 2. The van der Waals surface area contributed by atoms with E-state index in [0.717, 1.165) is 49.1 Å². The van der Waals surface area contributed by atoms with E-state index in [1.807, 2.05) is 18.3 Å². The summed E-state index contributed by atoms with van der Waals surface area (Å²) < 4.78 is 5.35. The molecule has 0 aliphatic carbocycles. The van der Waals surface area contributed by atoms with Gasteiger partial charge >= 0.3 is 0 Å². The second-order valence-electron chi connectivity index (χ2n) is 5.28. The normalized spacial score (nSPS) is 11.7. The van der Waals surface area contributed by atoms with Gasteiger partial charge in [-0.2, -0.15) is 0 Å². The molecule has 0 saturated heterocycles. The molecule has 0 unspecified atom stereocenters. The van der Waals surface area contributed by atoms with Gasteiger partial charge in [-0.25, -0.2) is 9.98 Å². The summed E-state index contributed by atoms with van der Waals surface area (Å²) in [7, 11) is 0. The van der Waals surface area contributed by atoms with E-state index in [9.17, 15) is 0 Å². The average Bonchev–Trinajstić information content (AvgIpc) is 3.23. The van der Waals surface area contributed by atoms with E-state index in [1.165, 1.54) is 11.3 Å². The van der Waals surface area contributed by atoms with Crippen LogP contribution in [-0.2, 0) is 19.4 Å². The molecule has 0 spiro atoms. The number of furan rings is 1. The maximum atomic E-state index is 5.35. The number of hydrogen-bond acceptors (Lipinski definition) is 4. The molecule has 5 nitrogen and oxygen atoms in total. The maximum absolute atomic E-state index is 5.35. The summed E-state index contributed by atoms with van der Waals surface area (Å²) >= 11 is 1.74. The van der Waals surface area contributed by atoms with Crippen molar-refractivity contribution >= 4 is 17.3 Å². The molecular formula is C17H26N4OS. The van der Waals surface area contributed by atoms with Crippen LogP contribution in [0.2, 0.25) is 0 Å². The molecule has 0 bridgehead atoms. The smallest absolute Gasteiger partial charge is 0.191 e. The Morgan fingerprint density at radius 3 is 2.87 bits per heavy atom. The van der Waals surface area contributed by atoms with Gasteiger partial charge in [-0.15, -0.1) is 11.3 Å². The van der Waals surface area contributed by atoms with Crippen LogP contribution >= 0.6 is 11.3 Å². The van der Waals surface area contributed by atoms with Gasteiger partial charge in [0, 0.05) is 30.6 Å². The van der Waals surface area contributed by atoms with Gasteiger partial charge in [0.25, 0.3) is 0 Å². The molecule has 0 atom stereocenters. The molecule has 0 saturated carbocycles. The number of thiazole rings is 1. The fraction of sp³-hybridized carbons (Fsp3) is 0.529. The summed E-state index contributed by atoms with van der Waals surface area (Å²) in [4.78, 5) is 10.4. The molecule has 2 aromatic heterocycles. The van der Waals surface area contributed by atoms with Crippen LogP contribution in [0.15, 0.2) is 34.0 Å². The highest BCUT2D eigenvalue weighted by Gasteiger charge is 2.03. The Balaban J connectivity index is 1.85. The molecule has 2 aromatic rings. The lowest BCUT2D eigenvalue weighted by molar-refractivity contribution is 0.506. The van der Waals surface area contributed by atoms with Gasteiger partial charge in [0.15, 0.2) is 5.96 Å². The summed E-state index contributed by atoms with van der Waals surface area (Å²) in [6, 6.07) is 3.91. The molecular weight excluding hydrogens is 308 g/mol. The first kappa shape index (κ1) is 17.5. The molecule has 0 amide bonds. The highest BCUT2D eigenvalue weighted by Crippen LogP contribution is 2.13. The zero-order valence-corrected chi connectivity index (χ0v) is 14.8. The predicted octanol–water partition coefficient (Wildman–Crippen LogP) is 3.38. The van der Waals surface area contributed by atoms with Crippen molar-refractivity contribution < 1.29 is 4.42 Å². The monoisotopic (exact) mass is 334 g/mol. The van der Waals surface area contributed by atoms with Gasteiger partial charge in [-0.1, -0.05) is 20.3 Å². The summed E-state index contributed by atoms with van der Waals surface area (Å²) in [5.74, 6) is 1.83. The Morgan fingerprint density at radius 2 is 2.17 bits per heavy atom. The van der Waals surface area contributed by atoms with E-state index < -0.39 is 0 Å². The predicted molar refractivity (Wildman–Crippen MR) is 96.0 cm³/mol. The van der Waals surface area contributed by atoms with Crippen LogP contribution in [0.25, 0.3) is 0 Å². The van der Waals surface area contributed by atoms with E-state index >= 15 is 0 Å². The van der Waals surface area contributed by atoms with Crippen molar-refractivity contribution in [1.82, 2.24) is 15.6 Å². The van der Waals surface area contributed by atoms with Crippen molar-refractivity contribution in [1.29, 1.82) is 0 Å². The molecule has 0 aliphatic rings. The van der Waals surface area contributed by atoms with E-state index in [2.05, 4.69) is 34.5 Å². The number of nitrogens with one attached hydrogen (secondary N) is 2. The van der Waals surface area contributed by atoms with Crippen LogP contribution in [0.3, 0.4) is 0 Å². The van der Waals surface area contributed by atoms with Crippen molar-refractivity contribution in [2.45, 2.75) is 46.1 Å².